The molecule has 0 aromatic heterocycles. The van der Waals surface area contributed by atoms with E-state index in [0.29, 0.717) is 19.6 Å². The van der Waals surface area contributed by atoms with Gasteiger partial charge in [0.25, 0.3) is 0 Å². The summed E-state index contributed by atoms with van der Waals surface area (Å²) >= 11 is 0. The molecule has 0 aromatic carbocycles. The molecule has 0 radical (unpaired) electrons. The Morgan fingerprint density at radius 3 is 2.22 bits per heavy atom. The minimum absolute atomic E-state index is 0.268. The number of aliphatic carboxylic acids is 1. The number of carboxylic acids is 1. The van der Waals surface area contributed by atoms with Crippen LogP contribution < -0.4 is 5.32 Å². The standard InChI is InChI=1S/C17H32N2O4/c1-4-6-8-15(20)12-18-10-11-19(14(3)17(22)23)13-16(21)9-7-5-2/h6-9,14-16,18,20-21H,4-5,10-13H2,1-3H3,(H,22,23)/b8-6+,9-7+. The molecule has 23 heavy (non-hydrogen) atoms. The Balaban J connectivity index is 4.34. The number of nitrogens with one attached hydrogen (secondary N) is 1. The summed E-state index contributed by atoms with van der Waals surface area (Å²) in [5.41, 5.74) is 0. The number of allylic oxidation sites excluding steroid dienone is 2. The van der Waals surface area contributed by atoms with Crippen LogP contribution in [-0.4, -0.2) is 70.6 Å². The number of rotatable bonds is 13. The largest absolute Gasteiger partial charge is 0.480 e. The topological polar surface area (TPSA) is 93.0 Å². The maximum absolute atomic E-state index is 11.2. The molecule has 0 saturated carbocycles. The van der Waals surface area contributed by atoms with Crippen molar-refractivity contribution in [3.63, 3.8) is 0 Å². The van der Waals surface area contributed by atoms with Gasteiger partial charge >= 0.3 is 5.97 Å². The molecule has 0 aromatic rings. The second-order valence-electron chi connectivity index (χ2n) is 5.52. The summed E-state index contributed by atoms with van der Waals surface area (Å²) in [5.74, 6) is -0.914. The molecule has 0 bridgehead atoms. The smallest absolute Gasteiger partial charge is 0.320 e. The van der Waals surface area contributed by atoms with Crippen molar-refractivity contribution in [2.75, 3.05) is 26.2 Å². The zero-order chi connectivity index (χ0) is 17.7. The van der Waals surface area contributed by atoms with Gasteiger partial charge in [-0.3, -0.25) is 9.69 Å². The summed E-state index contributed by atoms with van der Waals surface area (Å²) in [6.45, 7) is 7.29. The van der Waals surface area contributed by atoms with Crippen LogP contribution in [0.5, 0.6) is 0 Å². The fourth-order valence-corrected chi connectivity index (χ4v) is 2.03. The molecule has 3 atom stereocenters. The average Bonchev–Trinajstić information content (AvgIpc) is 2.52. The lowest BCUT2D eigenvalue weighted by atomic mass is 10.2. The van der Waals surface area contributed by atoms with Crippen molar-refractivity contribution >= 4 is 5.97 Å². The third kappa shape index (κ3) is 11.0. The highest BCUT2D eigenvalue weighted by Crippen LogP contribution is 2.02. The van der Waals surface area contributed by atoms with Gasteiger partial charge in [0.05, 0.1) is 12.2 Å². The Morgan fingerprint density at radius 1 is 1.13 bits per heavy atom. The molecule has 3 unspecified atom stereocenters. The van der Waals surface area contributed by atoms with Crippen LogP contribution in [0.2, 0.25) is 0 Å². The van der Waals surface area contributed by atoms with E-state index < -0.39 is 24.2 Å². The quantitative estimate of drug-likeness (QED) is 0.298. The maximum atomic E-state index is 11.2. The van der Waals surface area contributed by atoms with Gasteiger partial charge in [0.1, 0.15) is 6.04 Å². The zero-order valence-corrected chi connectivity index (χ0v) is 14.5. The molecule has 134 valence electrons. The molecule has 0 rings (SSSR count). The van der Waals surface area contributed by atoms with Crippen LogP contribution in [0.3, 0.4) is 0 Å². The molecule has 0 aliphatic rings. The van der Waals surface area contributed by atoms with Crippen molar-refractivity contribution in [1.29, 1.82) is 0 Å². The van der Waals surface area contributed by atoms with Gasteiger partial charge in [-0.15, -0.1) is 0 Å². The lowest BCUT2D eigenvalue weighted by Crippen LogP contribution is -2.46. The average molecular weight is 328 g/mol. The van der Waals surface area contributed by atoms with E-state index in [0.717, 1.165) is 12.8 Å². The first-order valence-electron chi connectivity index (χ1n) is 8.29. The third-order valence-corrected chi connectivity index (χ3v) is 3.44. The van der Waals surface area contributed by atoms with Gasteiger partial charge in [0, 0.05) is 26.2 Å². The number of nitrogens with zero attached hydrogens (tertiary/aromatic N) is 1. The summed E-state index contributed by atoms with van der Waals surface area (Å²) in [6.07, 6.45) is 7.68. The van der Waals surface area contributed by atoms with E-state index in [-0.39, 0.29) is 6.54 Å². The van der Waals surface area contributed by atoms with Crippen molar-refractivity contribution < 1.29 is 20.1 Å². The summed E-state index contributed by atoms with van der Waals surface area (Å²) in [4.78, 5) is 12.9. The number of aliphatic hydroxyl groups is 2. The molecule has 0 saturated heterocycles. The Kier molecular flexibility index (Phi) is 12.6. The van der Waals surface area contributed by atoms with Crippen LogP contribution in [0.15, 0.2) is 24.3 Å². The van der Waals surface area contributed by atoms with Crippen molar-refractivity contribution in [2.45, 2.75) is 51.9 Å². The van der Waals surface area contributed by atoms with E-state index in [1.54, 1.807) is 24.0 Å². The summed E-state index contributed by atoms with van der Waals surface area (Å²) in [7, 11) is 0. The van der Waals surface area contributed by atoms with Crippen molar-refractivity contribution in [1.82, 2.24) is 10.2 Å². The predicted octanol–water partition coefficient (Wildman–Crippen LogP) is 1.01. The molecular formula is C17H32N2O4. The molecule has 4 N–H and O–H groups in total. The first-order valence-corrected chi connectivity index (χ1v) is 8.29. The molecule has 0 aliphatic heterocycles. The fraction of sp³-hybridized carbons (Fsp3) is 0.706. The lowest BCUT2D eigenvalue weighted by Gasteiger charge is -2.27. The second kappa shape index (κ2) is 13.2. The van der Waals surface area contributed by atoms with Crippen molar-refractivity contribution in [2.24, 2.45) is 0 Å². The van der Waals surface area contributed by atoms with Gasteiger partial charge in [0.15, 0.2) is 0 Å². The Hall–Kier alpha value is -1.21. The molecule has 0 heterocycles. The van der Waals surface area contributed by atoms with E-state index in [1.165, 1.54) is 0 Å². The van der Waals surface area contributed by atoms with Crippen LogP contribution in [-0.2, 0) is 4.79 Å². The van der Waals surface area contributed by atoms with Crippen molar-refractivity contribution in [3.8, 4) is 0 Å². The summed E-state index contributed by atoms with van der Waals surface area (Å²) in [6, 6.07) is -0.675. The molecule has 0 fully saturated rings. The van der Waals surface area contributed by atoms with Gasteiger partial charge in [-0.1, -0.05) is 38.2 Å². The van der Waals surface area contributed by atoms with E-state index in [4.69, 9.17) is 0 Å². The maximum Gasteiger partial charge on any atom is 0.320 e. The van der Waals surface area contributed by atoms with Crippen molar-refractivity contribution in [3.05, 3.63) is 24.3 Å². The highest BCUT2D eigenvalue weighted by molar-refractivity contribution is 5.72. The van der Waals surface area contributed by atoms with Crippen LogP contribution in [0.4, 0.5) is 0 Å². The molecule has 0 amide bonds. The first kappa shape index (κ1) is 21.8. The van der Waals surface area contributed by atoms with E-state index in [1.807, 2.05) is 26.0 Å². The monoisotopic (exact) mass is 328 g/mol. The fourth-order valence-electron chi connectivity index (χ4n) is 2.03. The minimum Gasteiger partial charge on any atom is -0.480 e. The number of aliphatic hydroxyl groups excluding tert-OH is 2. The number of hydrogen-bond acceptors (Lipinski definition) is 5. The van der Waals surface area contributed by atoms with Crippen LogP contribution in [0.1, 0.15) is 33.6 Å². The normalized spacial score (nSPS) is 16.3. The summed E-state index contributed by atoms with van der Waals surface area (Å²) in [5, 5.41) is 31.9. The van der Waals surface area contributed by atoms with Crippen LogP contribution >= 0.6 is 0 Å². The van der Waals surface area contributed by atoms with Gasteiger partial charge in [-0.25, -0.2) is 0 Å². The Bertz CT molecular complexity index is 372. The Labute approximate surface area is 139 Å². The van der Waals surface area contributed by atoms with Gasteiger partial charge in [-0.05, 0) is 19.8 Å². The Morgan fingerprint density at radius 2 is 1.70 bits per heavy atom. The van der Waals surface area contributed by atoms with E-state index in [2.05, 4.69) is 5.32 Å². The van der Waals surface area contributed by atoms with Gasteiger partial charge in [-0.2, -0.15) is 0 Å². The third-order valence-electron chi connectivity index (χ3n) is 3.44. The SMILES string of the molecule is CC/C=C/C(O)CNCCN(CC(O)/C=C/CC)C(C)C(=O)O. The molecule has 0 aliphatic carbocycles. The second-order valence-corrected chi connectivity index (χ2v) is 5.52. The first-order chi connectivity index (χ1) is 10.9. The molecular weight excluding hydrogens is 296 g/mol. The number of carbonyl (C=O) groups is 1. The minimum atomic E-state index is -0.914. The van der Waals surface area contributed by atoms with Crippen LogP contribution in [0.25, 0.3) is 0 Å². The highest BCUT2D eigenvalue weighted by Gasteiger charge is 2.21. The summed E-state index contributed by atoms with van der Waals surface area (Å²) < 4.78 is 0. The predicted molar refractivity (Wildman–Crippen MR) is 92.4 cm³/mol. The van der Waals surface area contributed by atoms with E-state index in [9.17, 15) is 20.1 Å². The van der Waals surface area contributed by atoms with Gasteiger partial charge in [0.2, 0.25) is 0 Å². The van der Waals surface area contributed by atoms with Gasteiger partial charge < -0.3 is 20.6 Å². The zero-order valence-electron chi connectivity index (χ0n) is 14.5. The lowest BCUT2D eigenvalue weighted by molar-refractivity contribution is -0.142. The van der Waals surface area contributed by atoms with E-state index >= 15 is 0 Å². The molecule has 6 nitrogen and oxygen atoms in total. The highest BCUT2D eigenvalue weighted by atomic mass is 16.4. The van der Waals surface area contributed by atoms with Crippen LogP contribution in [0, 0.1) is 0 Å². The number of hydrogen-bond donors (Lipinski definition) is 4. The molecule has 6 heteroatoms. The molecule has 0 spiro atoms. The number of carboxylic acid groups (broad SMARTS) is 1.